The normalized spacial score (nSPS) is 11.9. The Morgan fingerprint density at radius 2 is 0.857 bits per heavy atom. The molecule has 0 fully saturated rings. The van der Waals surface area contributed by atoms with Crippen LogP contribution in [0.5, 0.6) is 0 Å². The highest BCUT2D eigenvalue weighted by Gasteiger charge is 2.27. The van der Waals surface area contributed by atoms with Crippen molar-refractivity contribution in [3.63, 3.8) is 0 Å². The van der Waals surface area contributed by atoms with Crippen molar-refractivity contribution in [1.82, 2.24) is 0 Å². The maximum Gasteiger partial charge on any atom is 0.144 e. The summed E-state index contributed by atoms with van der Waals surface area (Å²) < 4.78 is 14.2. The number of rotatable bonds is 4. The Morgan fingerprint density at radius 1 is 0.286 bits per heavy atom. The van der Waals surface area contributed by atoms with Gasteiger partial charge in [0.25, 0.3) is 0 Å². The van der Waals surface area contributed by atoms with Crippen LogP contribution in [-0.4, -0.2) is 0 Å². The molecule has 12 rings (SSSR count). The maximum absolute atomic E-state index is 7.20. The predicted octanol–water partition coefficient (Wildman–Crippen LogP) is 15.6. The molecule has 2 heteroatoms. The van der Waals surface area contributed by atoms with Gasteiger partial charge in [-0.25, -0.2) is 0 Å². The topological polar surface area (TPSA) is 26.3 Å². The molecule has 0 N–H and O–H groups in total. The first-order chi connectivity index (χ1) is 27.8. The number of furan rings is 2. The third-order valence-corrected chi connectivity index (χ3v) is 11.6. The zero-order valence-corrected chi connectivity index (χ0v) is 30.3. The average Bonchev–Trinajstić information content (AvgIpc) is 3.84. The molecular formula is C54H32O2. The Hall–Kier alpha value is -7.42. The maximum atomic E-state index is 7.20. The largest absolute Gasteiger partial charge is 0.455 e. The fourth-order valence-electron chi connectivity index (χ4n) is 9.23. The minimum atomic E-state index is 0.826. The highest BCUT2D eigenvalue weighted by molar-refractivity contribution is 6.31. The Labute approximate surface area is 322 Å². The summed E-state index contributed by atoms with van der Waals surface area (Å²) in [5, 5.41) is 12.8. The predicted molar refractivity (Wildman–Crippen MR) is 235 cm³/mol. The van der Waals surface area contributed by atoms with Gasteiger partial charge in [-0.05, 0) is 78.0 Å². The summed E-state index contributed by atoms with van der Waals surface area (Å²) in [5.74, 6) is 0.849. The standard InChI is InChI=1S/C54H32O2/c1-2-17-35(18-3-1)48-52-47(56-53(48)37-30-29-33-15-4-5-19-36(33)31-37)32-45(54-51(52)44-26-12-13-28-46(44)55-54)50-42-24-10-8-22-40(42)49(41-23-9-11-25-43(41)50)39-27-14-20-34-16-6-7-21-38(34)39/h1-32H. The van der Waals surface area contributed by atoms with E-state index in [-0.39, 0.29) is 0 Å². The van der Waals surface area contributed by atoms with E-state index in [1.807, 2.05) is 0 Å². The Morgan fingerprint density at radius 3 is 1.59 bits per heavy atom. The van der Waals surface area contributed by atoms with Gasteiger partial charge in [-0.2, -0.15) is 0 Å². The molecular weight excluding hydrogens is 681 g/mol. The van der Waals surface area contributed by atoms with Gasteiger partial charge < -0.3 is 8.83 Å². The second kappa shape index (κ2) is 12.0. The smallest absolute Gasteiger partial charge is 0.144 e. The molecule has 10 aromatic carbocycles. The summed E-state index contributed by atoms with van der Waals surface area (Å²) in [6.45, 7) is 0. The van der Waals surface area contributed by atoms with Gasteiger partial charge in [0.1, 0.15) is 22.5 Å². The lowest BCUT2D eigenvalue weighted by Gasteiger charge is -2.19. The first-order valence-electron chi connectivity index (χ1n) is 19.2. The van der Waals surface area contributed by atoms with E-state index in [1.54, 1.807) is 0 Å². The number of benzene rings is 10. The summed E-state index contributed by atoms with van der Waals surface area (Å²) in [6, 6.07) is 69.5. The summed E-state index contributed by atoms with van der Waals surface area (Å²) in [6.07, 6.45) is 0. The number of hydrogen-bond acceptors (Lipinski definition) is 2. The molecule has 0 aliphatic rings. The molecule has 0 spiro atoms. The highest BCUT2D eigenvalue weighted by Crippen LogP contribution is 2.52. The molecule has 0 amide bonds. The first kappa shape index (κ1) is 31.0. The van der Waals surface area contributed by atoms with Crippen molar-refractivity contribution in [2.45, 2.75) is 0 Å². The van der Waals surface area contributed by atoms with Crippen LogP contribution in [0.25, 0.3) is 121 Å². The van der Waals surface area contributed by atoms with Gasteiger partial charge in [-0.15, -0.1) is 0 Å². The fraction of sp³-hybridized carbons (Fsp3) is 0. The van der Waals surface area contributed by atoms with Crippen molar-refractivity contribution in [2.75, 3.05) is 0 Å². The third kappa shape index (κ3) is 4.50. The zero-order chi connectivity index (χ0) is 36.7. The van der Waals surface area contributed by atoms with E-state index in [1.165, 1.54) is 54.2 Å². The molecule has 0 aliphatic heterocycles. The van der Waals surface area contributed by atoms with Gasteiger partial charge in [-0.3, -0.25) is 0 Å². The molecule has 0 aliphatic carbocycles. The van der Waals surface area contributed by atoms with E-state index in [9.17, 15) is 0 Å². The van der Waals surface area contributed by atoms with Gasteiger partial charge in [0.15, 0.2) is 0 Å². The molecule has 0 saturated heterocycles. The Kier molecular flexibility index (Phi) is 6.66. The van der Waals surface area contributed by atoms with Crippen LogP contribution >= 0.6 is 0 Å². The van der Waals surface area contributed by atoms with Crippen LogP contribution in [0.2, 0.25) is 0 Å². The molecule has 0 radical (unpaired) electrons. The summed E-state index contributed by atoms with van der Waals surface area (Å²) in [5.41, 5.74) is 10.4. The zero-order valence-electron chi connectivity index (χ0n) is 30.3. The van der Waals surface area contributed by atoms with Crippen LogP contribution in [-0.2, 0) is 0 Å². The second-order valence-electron chi connectivity index (χ2n) is 14.7. The van der Waals surface area contributed by atoms with Crippen molar-refractivity contribution in [3.8, 4) is 44.7 Å². The molecule has 0 saturated carbocycles. The molecule has 2 nitrogen and oxygen atoms in total. The van der Waals surface area contributed by atoms with E-state index >= 15 is 0 Å². The molecule has 2 heterocycles. The molecule has 0 bridgehead atoms. The van der Waals surface area contributed by atoms with Crippen LogP contribution < -0.4 is 0 Å². The van der Waals surface area contributed by atoms with Gasteiger partial charge in [0.05, 0.1) is 0 Å². The first-order valence-corrected chi connectivity index (χ1v) is 19.2. The van der Waals surface area contributed by atoms with Crippen LogP contribution in [0.1, 0.15) is 0 Å². The minimum Gasteiger partial charge on any atom is -0.455 e. The third-order valence-electron chi connectivity index (χ3n) is 11.6. The van der Waals surface area contributed by atoms with E-state index in [4.69, 9.17) is 8.83 Å². The van der Waals surface area contributed by atoms with E-state index in [0.29, 0.717) is 0 Å². The number of hydrogen-bond donors (Lipinski definition) is 0. The van der Waals surface area contributed by atoms with Crippen molar-refractivity contribution in [2.24, 2.45) is 0 Å². The summed E-state index contributed by atoms with van der Waals surface area (Å²) >= 11 is 0. The number of para-hydroxylation sites is 1. The van der Waals surface area contributed by atoms with Crippen LogP contribution in [0.15, 0.2) is 203 Å². The minimum absolute atomic E-state index is 0.826. The quantitative estimate of drug-likeness (QED) is 0.170. The Bertz CT molecular complexity index is 3470. The van der Waals surface area contributed by atoms with Crippen LogP contribution in [0, 0.1) is 0 Å². The molecule has 2 aromatic heterocycles. The SMILES string of the molecule is c1ccc(-c2c(-c3ccc4ccccc4c3)oc3cc(-c4c5ccccc5c(-c5cccc6ccccc56)c5ccccc45)c4oc5ccccc5c4c23)cc1. The van der Waals surface area contributed by atoms with E-state index in [0.717, 1.165) is 66.5 Å². The second-order valence-corrected chi connectivity index (χ2v) is 14.7. The van der Waals surface area contributed by atoms with Crippen molar-refractivity contribution in [1.29, 1.82) is 0 Å². The van der Waals surface area contributed by atoms with Gasteiger partial charge in [0.2, 0.25) is 0 Å². The van der Waals surface area contributed by atoms with E-state index < -0.39 is 0 Å². The lowest BCUT2D eigenvalue weighted by molar-refractivity contribution is 0.632. The van der Waals surface area contributed by atoms with Crippen LogP contribution in [0.4, 0.5) is 0 Å². The van der Waals surface area contributed by atoms with Crippen molar-refractivity contribution >= 4 is 76.0 Å². The van der Waals surface area contributed by atoms with Gasteiger partial charge in [-0.1, -0.05) is 176 Å². The summed E-state index contributed by atoms with van der Waals surface area (Å²) in [7, 11) is 0. The molecule has 56 heavy (non-hydrogen) atoms. The summed E-state index contributed by atoms with van der Waals surface area (Å²) in [4.78, 5) is 0. The highest BCUT2D eigenvalue weighted by atomic mass is 16.3. The lowest BCUT2D eigenvalue weighted by atomic mass is 9.84. The van der Waals surface area contributed by atoms with E-state index in [2.05, 4.69) is 194 Å². The molecule has 260 valence electrons. The lowest BCUT2D eigenvalue weighted by Crippen LogP contribution is -1.92. The fourth-order valence-corrected chi connectivity index (χ4v) is 9.23. The molecule has 0 atom stereocenters. The Balaban J connectivity index is 1.25. The van der Waals surface area contributed by atoms with Gasteiger partial charge in [0, 0.05) is 38.4 Å². The van der Waals surface area contributed by atoms with Crippen molar-refractivity contribution < 1.29 is 8.83 Å². The number of fused-ring (bicyclic) bond motifs is 9. The van der Waals surface area contributed by atoms with Crippen LogP contribution in [0.3, 0.4) is 0 Å². The average molecular weight is 713 g/mol. The monoisotopic (exact) mass is 712 g/mol. The molecule has 0 unspecified atom stereocenters. The molecule has 12 aromatic rings. The van der Waals surface area contributed by atoms with Gasteiger partial charge >= 0.3 is 0 Å². The van der Waals surface area contributed by atoms with Crippen molar-refractivity contribution in [3.05, 3.63) is 194 Å².